The van der Waals surface area contributed by atoms with Crippen LogP contribution in [0.1, 0.15) is 35.6 Å². The van der Waals surface area contributed by atoms with Crippen molar-refractivity contribution < 1.29 is 0 Å². The first kappa shape index (κ1) is 11.2. The van der Waals surface area contributed by atoms with Gasteiger partial charge in [0.05, 0.1) is 0 Å². The van der Waals surface area contributed by atoms with Crippen molar-refractivity contribution in [3.63, 3.8) is 0 Å². The Balaban J connectivity index is 2.82. The number of benzene rings is 1. The zero-order chi connectivity index (χ0) is 10.6. The molecule has 0 spiro atoms. The summed E-state index contributed by atoms with van der Waals surface area (Å²) >= 11 is 0. The van der Waals surface area contributed by atoms with Crippen LogP contribution in [-0.4, -0.2) is 6.54 Å². The summed E-state index contributed by atoms with van der Waals surface area (Å²) in [5, 5.41) is 0. The van der Waals surface area contributed by atoms with E-state index in [1.54, 1.807) is 0 Å². The minimum atomic E-state index is 0.139. The minimum Gasteiger partial charge on any atom is -0.330 e. The van der Waals surface area contributed by atoms with Gasteiger partial charge in [-0.2, -0.15) is 0 Å². The van der Waals surface area contributed by atoms with Gasteiger partial charge in [0, 0.05) is 6.04 Å². The molecule has 0 heterocycles. The van der Waals surface area contributed by atoms with E-state index in [1.807, 2.05) is 0 Å². The van der Waals surface area contributed by atoms with Gasteiger partial charge in [-0.05, 0) is 49.9 Å². The second kappa shape index (κ2) is 5.13. The van der Waals surface area contributed by atoms with E-state index in [-0.39, 0.29) is 6.04 Å². The van der Waals surface area contributed by atoms with Gasteiger partial charge in [-0.15, -0.1) is 0 Å². The van der Waals surface area contributed by atoms with Gasteiger partial charge >= 0.3 is 0 Å². The lowest BCUT2D eigenvalue weighted by Crippen LogP contribution is -2.15. The Bertz CT molecular complexity index is 274. The maximum absolute atomic E-state index is 6.13. The molecule has 2 nitrogen and oxygen atoms in total. The molecule has 4 N–H and O–H groups in total. The second-order valence-electron chi connectivity index (χ2n) is 3.84. The summed E-state index contributed by atoms with van der Waals surface area (Å²) in [4.78, 5) is 0. The Hall–Kier alpha value is -0.860. The van der Waals surface area contributed by atoms with Crippen molar-refractivity contribution in [3.05, 3.63) is 34.9 Å². The number of aryl methyl sites for hydroxylation is 2. The summed E-state index contributed by atoms with van der Waals surface area (Å²) in [6.07, 6.45) is 1.97. The van der Waals surface area contributed by atoms with E-state index in [2.05, 4.69) is 32.0 Å². The average molecular weight is 192 g/mol. The quantitative estimate of drug-likeness (QED) is 0.767. The summed E-state index contributed by atoms with van der Waals surface area (Å²) in [5.74, 6) is 0. The molecule has 0 aliphatic heterocycles. The molecular weight excluding hydrogens is 172 g/mol. The Morgan fingerprint density at radius 3 is 2.29 bits per heavy atom. The molecule has 0 radical (unpaired) electrons. The highest BCUT2D eigenvalue weighted by Crippen LogP contribution is 2.22. The van der Waals surface area contributed by atoms with Gasteiger partial charge in [-0.1, -0.05) is 18.2 Å². The molecule has 0 unspecified atom stereocenters. The van der Waals surface area contributed by atoms with Crippen molar-refractivity contribution in [2.75, 3.05) is 6.54 Å². The normalized spacial score (nSPS) is 12.9. The van der Waals surface area contributed by atoms with E-state index in [4.69, 9.17) is 11.5 Å². The molecule has 1 atom stereocenters. The van der Waals surface area contributed by atoms with Gasteiger partial charge in [0.25, 0.3) is 0 Å². The molecule has 14 heavy (non-hydrogen) atoms. The van der Waals surface area contributed by atoms with Crippen molar-refractivity contribution in [2.24, 2.45) is 11.5 Å². The van der Waals surface area contributed by atoms with Crippen LogP contribution in [0.25, 0.3) is 0 Å². The number of hydrogen-bond donors (Lipinski definition) is 2. The molecule has 0 bridgehead atoms. The van der Waals surface area contributed by atoms with Gasteiger partial charge in [0.2, 0.25) is 0 Å². The minimum absolute atomic E-state index is 0.139. The predicted octanol–water partition coefficient (Wildman–Crippen LogP) is 2.04. The van der Waals surface area contributed by atoms with Gasteiger partial charge in [0.15, 0.2) is 0 Å². The third-order valence-corrected chi connectivity index (χ3v) is 2.63. The van der Waals surface area contributed by atoms with Crippen LogP contribution in [-0.2, 0) is 0 Å². The van der Waals surface area contributed by atoms with E-state index < -0.39 is 0 Å². The Morgan fingerprint density at radius 1 is 1.21 bits per heavy atom. The fraction of sp³-hybridized carbons (Fsp3) is 0.500. The lowest BCUT2D eigenvalue weighted by Gasteiger charge is -2.16. The van der Waals surface area contributed by atoms with Crippen molar-refractivity contribution in [1.82, 2.24) is 0 Å². The molecule has 0 amide bonds. The van der Waals surface area contributed by atoms with Crippen LogP contribution in [0, 0.1) is 13.8 Å². The molecule has 0 fully saturated rings. The highest BCUT2D eigenvalue weighted by molar-refractivity contribution is 5.35. The lowest BCUT2D eigenvalue weighted by atomic mass is 9.94. The van der Waals surface area contributed by atoms with Crippen LogP contribution in [0.2, 0.25) is 0 Å². The largest absolute Gasteiger partial charge is 0.330 e. The molecular formula is C12H20N2. The molecule has 1 aromatic carbocycles. The molecule has 1 rings (SSSR count). The van der Waals surface area contributed by atoms with Crippen molar-refractivity contribution in [2.45, 2.75) is 32.7 Å². The zero-order valence-corrected chi connectivity index (χ0v) is 9.09. The van der Waals surface area contributed by atoms with Gasteiger partial charge in [-0.3, -0.25) is 0 Å². The van der Waals surface area contributed by atoms with Gasteiger partial charge in [0.1, 0.15) is 0 Å². The molecule has 2 heteroatoms. The number of nitrogens with two attached hydrogens (primary N) is 2. The van der Waals surface area contributed by atoms with Crippen LogP contribution < -0.4 is 11.5 Å². The molecule has 0 aliphatic carbocycles. The maximum atomic E-state index is 6.13. The van der Waals surface area contributed by atoms with Crippen LogP contribution >= 0.6 is 0 Å². The lowest BCUT2D eigenvalue weighted by molar-refractivity contribution is 0.612. The fourth-order valence-corrected chi connectivity index (χ4v) is 1.89. The Labute approximate surface area is 86.3 Å². The first-order valence-electron chi connectivity index (χ1n) is 5.18. The predicted molar refractivity (Wildman–Crippen MR) is 61.1 cm³/mol. The van der Waals surface area contributed by atoms with Gasteiger partial charge < -0.3 is 11.5 Å². The van der Waals surface area contributed by atoms with E-state index >= 15 is 0 Å². The third kappa shape index (κ3) is 2.56. The van der Waals surface area contributed by atoms with Gasteiger partial charge in [-0.25, -0.2) is 0 Å². The van der Waals surface area contributed by atoms with E-state index in [9.17, 15) is 0 Å². The summed E-state index contributed by atoms with van der Waals surface area (Å²) in [6.45, 7) is 4.95. The highest BCUT2D eigenvalue weighted by Gasteiger charge is 2.10. The standard InChI is InChI=1S/C12H20N2/c1-9-5-3-6-10(2)12(9)11(14)7-4-8-13/h3,5-6,11H,4,7-8,13-14H2,1-2H3/t11-/m0/s1. The SMILES string of the molecule is Cc1cccc(C)c1[C@@H](N)CCCN. The van der Waals surface area contributed by atoms with E-state index in [0.717, 1.165) is 19.4 Å². The highest BCUT2D eigenvalue weighted by atomic mass is 14.6. The molecule has 78 valence electrons. The molecule has 0 saturated heterocycles. The summed E-state index contributed by atoms with van der Waals surface area (Å²) in [5.41, 5.74) is 15.5. The summed E-state index contributed by atoms with van der Waals surface area (Å²) in [6, 6.07) is 6.44. The Morgan fingerprint density at radius 2 is 1.79 bits per heavy atom. The second-order valence-corrected chi connectivity index (χ2v) is 3.84. The number of hydrogen-bond acceptors (Lipinski definition) is 2. The summed E-state index contributed by atoms with van der Waals surface area (Å²) < 4.78 is 0. The topological polar surface area (TPSA) is 52.0 Å². The van der Waals surface area contributed by atoms with Crippen molar-refractivity contribution >= 4 is 0 Å². The smallest absolute Gasteiger partial charge is 0.0300 e. The molecule has 0 aliphatic rings. The van der Waals surface area contributed by atoms with Crippen molar-refractivity contribution in [1.29, 1.82) is 0 Å². The maximum Gasteiger partial charge on any atom is 0.0300 e. The average Bonchev–Trinajstić information content (AvgIpc) is 2.14. The van der Waals surface area contributed by atoms with Crippen LogP contribution in [0.4, 0.5) is 0 Å². The zero-order valence-electron chi connectivity index (χ0n) is 9.09. The molecule has 0 saturated carbocycles. The molecule has 1 aromatic rings. The molecule has 0 aromatic heterocycles. The van der Waals surface area contributed by atoms with E-state index in [1.165, 1.54) is 16.7 Å². The third-order valence-electron chi connectivity index (χ3n) is 2.63. The first-order chi connectivity index (χ1) is 6.66. The first-order valence-corrected chi connectivity index (χ1v) is 5.18. The Kier molecular flexibility index (Phi) is 4.11. The van der Waals surface area contributed by atoms with E-state index in [0.29, 0.717) is 0 Å². The van der Waals surface area contributed by atoms with Crippen LogP contribution in [0.5, 0.6) is 0 Å². The van der Waals surface area contributed by atoms with Crippen LogP contribution in [0.3, 0.4) is 0 Å². The summed E-state index contributed by atoms with van der Waals surface area (Å²) in [7, 11) is 0. The van der Waals surface area contributed by atoms with Crippen molar-refractivity contribution in [3.8, 4) is 0 Å². The van der Waals surface area contributed by atoms with Crippen LogP contribution in [0.15, 0.2) is 18.2 Å². The number of rotatable bonds is 4. The monoisotopic (exact) mass is 192 g/mol. The fourth-order valence-electron chi connectivity index (χ4n) is 1.89.